The lowest BCUT2D eigenvalue weighted by Crippen LogP contribution is -2.44. The van der Waals surface area contributed by atoms with Gasteiger partial charge in [-0.3, -0.25) is 4.79 Å². The van der Waals surface area contributed by atoms with Gasteiger partial charge in [0.25, 0.3) is 0 Å². The zero-order chi connectivity index (χ0) is 16.4. The van der Waals surface area contributed by atoms with Gasteiger partial charge in [0, 0.05) is 23.7 Å². The first-order chi connectivity index (χ1) is 11.0. The summed E-state index contributed by atoms with van der Waals surface area (Å²) in [5.41, 5.74) is 0.788. The summed E-state index contributed by atoms with van der Waals surface area (Å²) in [6.07, 6.45) is 1.17. The Labute approximate surface area is 140 Å². The highest BCUT2D eigenvalue weighted by atomic mass is 35.5. The first kappa shape index (κ1) is 15.9. The van der Waals surface area contributed by atoms with Crippen molar-refractivity contribution in [2.24, 2.45) is 11.8 Å². The number of tetrazole rings is 1. The third-order valence-electron chi connectivity index (χ3n) is 4.03. The van der Waals surface area contributed by atoms with Crippen LogP contribution in [0, 0.1) is 11.8 Å². The zero-order valence-corrected chi connectivity index (χ0v) is 14.1. The zero-order valence-electron chi connectivity index (χ0n) is 13.3. The lowest BCUT2D eigenvalue weighted by molar-refractivity contribution is -0.135. The molecule has 2 aromatic rings. The molecule has 0 bridgehead atoms. The average molecular weight is 334 g/mol. The Balaban J connectivity index is 1.68. The predicted molar refractivity (Wildman–Crippen MR) is 87.8 cm³/mol. The van der Waals surface area contributed by atoms with Crippen LogP contribution >= 0.6 is 11.6 Å². The van der Waals surface area contributed by atoms with Gasteiger partial charge in [-0.25, -0.2) is 0 Å². The van der Waals surface area contributed by atoms with Crippen molar-refractivity contribution in [1.82, 2.24) is 25.1 Å². The minimum atomic E-state index is 0.0402. The molecular weight excluding hydrogens is 314 g/mol. The minimum absolute atomic E-state index is 0.0402. The van der Waals surface area contributed by atoms with Gasteiger partial charge in [0.05, 0.1) is 0 Å². The second-order valence-electron chi connectivity index (χ2n) is 6.40. The van der Waals surface area contributed by atoms with Crippen molar-refractivity contribution in [3.8, 4) is 11.4 Å². The van der Waals surface area contributed by atoms with Crippen molar-refractivity contribution < 1.29 is 4.79 Å². The lowest BCUT2D eigenvalue weighted by Gasteiger charge is -2.34. The molecular formula is C16H20ClN5O. The van der Waals surface area contributed by atoms with Gasteiger partial charge < -0.3 is 4.90 Å². The fraction of sp³-hybridized carbons (Fsp3) is 0.500. The molecule has 1 aliphatic heterocycles. The first-order valence-corrected chi connectivity index (χ1v) is 8.20. The van der Waals surface area contributed by atoms with E-state index in [9.17, 15) is 4.79 Å². The highest BCUT2D eigenvalue weighted by Gasteiger charge is 2.25. The van der Waals surface area contributed by atoms with E-state index in [1.54, 1.807) is 12.1 Å². The summed E-state index contributed by atoms with van der Waals surface area (Å²) in [5, 5.41) is 12.9. The Morgan fingerprint density at radius 2 is 2.04 bits per heavy atom. The number of carbonyl (C=O) groups is 1. The first-order valence-electron chi connectivity index (χ1n) is 7.83. The molecule has 0 unspecified atom stereocenters. The smallest absolute Gasteiger partial charge is 0.246 e. The highest BCUT2D eigenvalue weighted by Crippen LogP contribution is 2.21. The van der Waals surface area contributed by atoms with E-state index >= 15 is 0 Å². The summed E-state index contributed by atoms with van der Waals surface area (Å²) < 4.78 is 0. The van der Waals surface area contributed by atoms with Crippen molar-refractivity contribution in [3.05, 3.63) is 29.3 Å². The largest absolute Gasteiger partial charge is 0.340 e. The normalized spacial score (nSPS) is 21.4. The van der Waals surface area contributed by atoms with Crippen LogP contribution in [0.4, 0.5) is 0 Å². The van der Waals surface area contributed by atoms with E-state index in [4.69, 9.17) is 11.6 Å². The number of likely N-dealkylation sites (tertiary alicyclic amines) is 1. The Hall–Kier alpha value is -1.95. The van der Waals surface area contributed by atoms with Gasteiger partial charge in [-0.15, -0.1) is 10.2 Å². The maximum Gasteiger partial charge on any atom is 0.246 e. The van der Waals surface area contributed by atoms with Gasteiger partial charge in [0.1, 0.15) is 6.54 Å². The van der Waals surface area contributed by atoms with Crippen LogP contribution in [0.3, 0.4) is 0 Å². The van der Waals surface area contributed by atoms with Crippen molar-refractivity contribution in [2.75, 3.05) is 13.1 Å². The maximum absolute atomic E-state index is 12.4. The topological polar surface area (TPSA) is 63.9 Å². The minimum Gasteiger partial charge on any atom is -0.340 e. The van der Waals surface area contributed by atoms with Crippen LogP contribution in [0.5, 0.6) is 0 Å². The van der Waals surface area contributed by atoms with Gasteiger partial charge in [-0.05, 0) is 35.6 Å². The lowest BCUT2D eigenvalue weighted by atomic mass is 9.92. The average Bonchev–Trinajstić information content (AvgIpc) is 2.95. The third-order valence-corrected chi connectivity index (χ3v) is 4.27. The molecule has 2 heterocycles. The molecule has 0 spiro atoms. The molecule has 122 valence electrons. The molecule has 1 fully saturated rings. The van der Waals surface area contributed by atoms with E-state index < -0.39 is 0 Å². The van der Waals surface area contributed by atoms with E-state index in [1.165, 1.54) is 11.2 Å². The summed E-state index contributed by atoms with van der Waals surface area (Å²) in [6.45, 7) is 6.09. The number of nitrogens with zero attached hydrogens (tertiary/aromatic N) is 5. The monoisotopic (exact) mass is 333 g/mol. The number of halogens is 1. The molecule has 1 aliphatic rings. The number of hydrogen-bond donors (Lipinski definition) is 0. The van der Waals surface area contributed by atoms with Crippen LogP contribution in [0.15, 0.2) is 24.3 Å². The number of amides is 1. The second-order valence-corrected chi connectivity index (χ2v) is 6.83. The van der Waals surface area contributed by atoms with Gasteiger partial charge in [-0.1, -0.05) is 37.6 Å². The molecule has 2 atom stereocenters. The van der Waals surface area contributed by atoms with Gasteiger partial charge in [-0.2, -0.15) is 4.80 Å². The van der Waals surface area contributed by atoms with E-state index in [0.29, 0.717) is 22.7 Å². The molecule has 1 saturated heterocycles. The predicted octanol–water partition coefficient (Wildman–Crippen LogP) is 2.50. The third kappa shape index (κ3) is 3.88. The summed E-state index contributed by atoms with van der Waals surface area (Å²) in [7, 11) is 0. The molecule has 7 heteroatoms. The molecule has 1 aromatic heterocycles. The number of benzene rings is 1. The highest BCUT2D eigenvalue weighted by molar-refractivity contribution is 6.30. The number of carbonyl (C=O) groups excluding carboxylic acids is 1. The van der Waals surface area contributed by atoms with Crippen LogP contribution < -0.4 is 0 Å². The Morgan fingerprint density at radius 3 is 2.74 bits per heavy atom. The molecule has 0 aliphatic carbocycles. The molecule has 23 heavy (non-hydrogen) atoms. The van der Waals surface area contributed by atoms with Crippen molar-refractivity contribution in [2.45, 2.75) is 26.8 Å². The van der Waals surface area contributed by atoms with Crippen LogP contribution in [0.25, 0.3) is 11.4 Å². The van der Waals surface area contributed by atoms with Crippen molar-refractivity contribution in [3.63, 3.8) is 0 Å². The number of hydrogen-bond acceptors (Lipinski definition) is 4. The van der Waals surface area contributed by atoms with E-state index in [0.717, 1.165) is 18.7 Å². The summed E-state index contributed by atoms with van der Waals surface area (Å²) >= 11 is 5.97. The van der Waals surface area contributed by atoms with Gasteiger partial charge in [0.2, 0.25) is 11.7 Å². The summed E-state index contributed by atoms with van der Waals surface area (Å²) in [6, 6.07) is 7.26. The van der Waals surface area contributed by atoms with E-state index in [-0.39, 0.29) is 12.5 Å². The molecule has 0 saturated carbocycles. The van der Waals surface area contributed by atoms with E-state index in [2.05, 4.69) is 29.3 Å². The SMILES string of the molecule is C[C@@H]1C[C@H](C)CN(C(=O)Cn2nnc(-c3cccc(Cl)c3)n2)C1. The van der Waals surface area contributed by atoms with Crippen molar-refractivity contribution in [1.29, 1.82) is 0 Å². The molecule has 0 N–H and O–H groups in total. The standard InChI is InChI=1S/C16H20ClN5O/c1-11-6-12(2)9-21(8-11)15(23)10-22-19-16(18-20-22)13-4-3-5-14(17)7-13/h3-5,7,11-12H,6,8-10H2,1-2H3/t11-,12+. The van der Waals surface area contributed by atoms with Crippen LogP contribution in [-0.4, -0.2) is 44.1 Å². The van der Waals surface area contributed by atoms with E-state index in [1.807, 2.05) is 17.0 Å². The van der Waals surface area contributed by atoms with Gasteiger partial charge in [0.15, 0.2) is 0 Å². The fourth-order valence-corrected chi connectivity index (χ4v) is 3.33. The summed E-state index contributed by atoms with van der Waals surface area (Å²) in [5.74, 6) is 1.58. The molecule has 1 amide bonds. The van der Waals surface area contributed by atoms with Gasteiger partial charge >= 0.3 is 0 Å². The maximum atomic E-state index is 12.4. The second kappa shape index (κ2) is 6.66. The molecule has 6 nitrogen and oxygen atoms in total. The Bertz CT molecular complexity index is 691. The van der Waals surface area contributed by atoms with Crippen LogP contribution in [0.2, 0.25) is 5.02 Å². The fourth-order valence-electron chi connectivity index (χ4n) is 3.14. The Morgan fingerprint density at radius 1 is 1.30 bits per heavy atom. The number of rotatable bonds is 3. The van der Waals surface area contributed by atoms with Crippen LogP contribution in [-0.2, 0) is 11.3 Å². The number of piperidine rings is 1. The Kier molecular flexibility index (Phi) is 4.61. The molecule has 0 radical (unpaired) electrons. The van der Waals surface area contributed by atoms with Crippen LogP contribution in [0.1, 0.15) is 20.3 Å². The van der Waals surface area contributed by atoms with Crippen molar-refractivity contribution >= 4 is 17.5 Å². The number of aromatic nitrogens is 4. The molecule has 1 aromatic carbocycles. The quantitative estimate of drug-likeness (QED) is 0.865. The molecule has 3 rings (SSSR count). The summed E-state index contributed by atoms with van der Waals surface area (Å²) in [4.78, 5) is 15.7.